The van der Waals surface area contributed by atoms with Gasteiger partial charge in [-0.1, -0.05) is 17.7 Å². The lowest BCUT2D eigenvalue weighted by Gasteiger charge is -2.35. The number of aliphatic hydroxyl groups is 1. The van der Waals surface area contributed by atoms with Crippen LogP contribution in [0.1, 0.15) is 5.82 Å². The van der Waals surface area contributed by atoms with E-state index in [4.69, 9.17) is 16.7 Å². The molecule has 0 atom stereocenters. The van der Waals surface area contributed by atoms with Gasteiger partial charge in [0, 0.05) is 55.9 Å². The van der Waals surface area contributed by atoms with Gasteiger partial charge in [-0.2, -0.15) is 0 Å². The van der Waals surface area contributed by atoms with Crippen molar-refractivity contribution in [2.75, 3.05) is 60.2 Å². The number of hydrogen-bond acceptors (Lipinski definition) is 7. The number of aryl methyl sites for hydroxylation is 1. The molecule has 0 radical (unpaired) electrons. The van der Waals surface area contributed by atoms with Gasteiger partial charge in [-0.3, -0.25) is 4.90 Å². The molecule has 0 saturated carbocycles. The minimum absolute atomic E-state index is 0.0689. The highest BCUT2D eigenvalue weighted by Gasteiger charge is 2.18. The van der Waals surface area contributed by atoms with Crippen LogP contribution in [0.4, 0.5) is 37.9 Å². The number of aromatic nitrogens is 2. The minimum atomic E-state index is -0.552. The van der Waals surface area contributed by atoms with E-state index in [0.717, 1.165) is 37.7 Å². The topological polar surface area (TPSA) is 106 Å². The predicted molar refractivity (Wildman–Crippen MR) is 136 cm³/mol. The zero-order valence-electron chi connectivity index (χ0n) is 19.3. The van der Waals surface area contributed by atoms with Gasteiger partial charge >= 0.3 is 6.03 Å². The van der Waals surface area contributed by atoms with Crippen LogP contribution in [0, 0.1) is 12.7 Å². The number of nitrogens with one attached hydrogen (secondary N) is 3. The number of benzene rings is 2. The van der Waals surface area contributed by atoms with Crippen molar-refractivity contribution in [1.82, 2.24) is 14.9 Å². The molecule has 1 aliphatic rings. The first kappa shape index (κ1) is 24.6. The molecule has 2 aromatic carbocycles. The molecule has 3 aromatic rings. The minimum Gasteiger partial charge on any atom is -0.395 e. The number of halogens is 2. The maximum absolute atomic E-state index is 13.3. The summed E-state index contributed by atoms with van der Waals surface area (Å²) in [7, 11) is 0. The number of piperazine rings is 1. The number of amides is 2. The number of rotatable bonds is 7. The Bertz CT molecular complexity index is 1190. The van der Waals surface area contributed by atoms with Crippen molar-refractivity contribution in [2.24, 2.45) is 0 Å². The van der Waals surface area contributed by atoms with Gasteiger partial charge in [0.05, 0.1) is 11.6 Å². The van der Waals surface area contributed by atoms with Gasteiger partial charge in [-0.25, -0.2) is 19.2 Å². The fourth-order valence-electron chi connectivity index (χ4n) is 3.81. The van der Waals surface area contributed by atoms with Crippen molar-refractivity contribution in [3.8, 4) is 0 Å². The van der Waals surface area contributed by atoms with Crippen molar-refractivity contribution < 1.29 is 14.3 Å². The number of carbonyl (C=O) groups excluding carboxylic acids is 1. The third kappa shape index (κ3) is 6.78. The Labute approximate surface area is 207 Å². The largest absolute Gasteiger partial charge is 0.395 e. The van der Waals surface area contributed by atoms with E-state index in [2.05, 4.69) is 35.7 Å². The van der Waals surface area contributed by atoms with E-state index in [1.54, 1.807) is 12.1 Å². The predicted octanol–water partition coefficient (Wildman–Crippen LogP) is 4.08. The van der Waals surface area contributed by atoms with Crippen LogP contribution in [0.25, 0.3) is 0 Å². The number of nitrogens with zero attached hydrogens (tertiary/aromatic N) is 4. The highest BCUT2D eigenvalue weighted by Crippen LogP contribution is 2.24. The number of aliphatic hydroxyl groups excluding tert-OH is 1. The zero-order chi connectivity index (χ0) is 24.8. The highest BCUT2D eigenvalue weighted by molar-refractivity contribution is 6.31. The number of hydrogen-bond donors (Lipinski definition) is 4. The Kier molecular flexibility index (Phi) is 7.96. The molecule has 0 aliphatic carbocycles. The third-order valence-corrected chi connectivity index (χ3v) is 5.80. The van der Waals surface area contributed by atoms with Crippen molar-refractivity contribution in [3.05, 3.63) is 65.2 Å². The summed E-state index contributed by atoms with van der Waals surface area (Å²) in [6.45, 7) is 6.08. The fourth-order valence-corrected chi connectivity index (χ4v) is 3.99. The molecule has 184 valence electrons. The van der Waals surface area contributed by atoms with Gasteiger partial charge in [0.2, 0.25) is 0 Å². The van der Waals surface area contributed by atoms with Crippen molar-refractivity contribution in [2.45, 2.75) is 6.92 Å². The molecule has 0 unspecified atom stereocenters. The molecule has 9 nitrogen and oxygen atoms in total. The van der Waals surface area contributed by atoms with Crippen LogP contribution in [0.2, 0.25) is 5.02 Å². The zero-order valence-corrected chi connectivity index (χ0v) is 20.0. The van der Waals surface area contributed by atoms with Crippen LogP contribution >= 0.6 is 11.6 Å². The summed E-state index contributed by atoms with van der Waals surface area (Å²) in [6.07, 6.45) is 0. The average molecular weight is 500 g/mol. The molecule has 1 aromatic heterocycles. The smallest absolute Gasteiger partial charge is 0.323 e. The van der Waals surface area contributed by atoms with Crippen molar-refractivity contribution in [3.63, 3.8) is 0 Å². The van der Waals surface area contributed by atoms with E-state index >= 15 is 0 Å². The Morgan fingerprint density at radius 1 is 1.03 bits per heavy atom. The molecule has 2 heterocycles. The van der Waals surface area contributed by atoms with E-state index in [0.29, 0.717) is 29.6 Å². The van der Waals surface area contributed by atoms with Gasteiger partial charge in [-0.15, -0.1) is 0 Å². The summed E-state index contributed by atoms with van der Waals surface area (Å²) >= 11 is 5.77. The first-order chi connectivity index (χ1) is 16.9. The molecular weight excluding hydrogens is 473 g/mol. The van der Waals surface area contributed by atoms with Gasteiger partial charge in [-0.05, 0) is 43.3 Å². The summed E-state index contributed by atoms with van der Waals surface area (Å²) < 4.78 is 13.3. The van der Waals surface area contributed by atoms with Crippen molar-refractivity contribution >= 4 is 46.3 Å². The standard InChI is InChI=1S/C24H27ClFN7O2/c1-16-27-22(15-23(28-16)33-9-7-32(8-10-33)11-12-34)29-17-3-2-4-18(13-17)30-24(35)31-19-5-6-21(26)20(25)14-19/h2-6,13-15,34H,7-12H2,1H3,(H,27,28,29)(H2,30,31,35). The first-order valence-electron chi connectivity index (χ1n) is 11.2. The molecule has 1 fully saturated rings. The van der Waals surface area contributed by atoms with E-state index < -0.39 is 11.8 Å². The van der Waals surface area contributed by atoms with E-state index in [1.165, 1.54) is 18.2 Å². The molecule has 0 spiro atoms. The van der Waals surface area contributed by atoms with E-state index in [9.17, 15) is 9.18 Å². The van der Waals surface area contributed by atoms with E-state index in [-0.39, 0.29) is 11.6 Å². The highest BCUT2D eigenvalue weighted by atomic mass is 35.5. The molecule has 0 bridgehead atoms. The summed E-state index contributed by atoms with van der Waals surface area (Å²) in [5.41, 5.74) is 1.68. The number of anilines is 5. The molecule has 1 aliphatic heterocycles. The van der Waals surface area contributed by atoms with Crippen LogP contribution < -0.4 is 20.9 Å². The molecule has 1 saturated heterocycles. The normalized spacial score (nSPS) is 14.0. The lowest BCUT2D eigenvalue weighted by molar-refractivity contribution is 0.188. The Morgan fingerprint density at radius 3 is 2.46 bits per heavy atom. The number of urea groups is 1. The first-order valence-corrected chi connectivity index (χ1v) is 11.6. The molecule has 4 N–H and O–H groups in total. The van der Waals surface area contributed by atoms with Gasteiger partial charge in [0.1, 0.15) is 23.3 Å². The average Bonchev–Trinajstić information content (AvgIpc) is 2.82. The molecule has 11 heteroatoms. The second-order valence-electron chi connectivity index (χ2n) is 8.12. The van der Waals surface area contributed by atoms with Crippen LogP contribution in [-0.4, -0.2) is 65.3 Å². The molecular formula is C24H27ClFN7O2. The summed E-state index contributed by atoms with van der Waals surface area (Å²) in [5.74, 6) is 1.58. The second kappa shape index (κ2) is 11.3. The van der Waals surface area contributed by atoms with Crippen molar-refractivity contribution in [1.29, 1.82) is 0 Å². The van der Waals surface area contributed by atoms with Gasteiger partial charge < -0.3 is 26.0 Å². The second-order valence-corrected chi connectivity index (χ2v) is 8.53. The SMILES string of the molecule is Cc1nc(Nc2cccc(NC(=O)Nc3ccc(F)c(Cl)c3)c2)cc(N2CCN(CCO)CC2)n1. The maximum atomic E-state index is 13.3. The fraction of sp³-hybridized carbons (Fsp3) is 0.292. The van der Waals surface area contributed by atoms with Crippen LogP contribution in [0.15, 0.2) is 48.5 Å². The lowest BCUT2D eigenvalue weighted by atomic mass is 10.2. The summed E-state index contributed by atoms with van der Waals surface area (Å²) in [6, 6.07) is 12.6. The third-order valence-electron chi connectivity index (χ3n) is 5.51. The van der Waals surface area contributed by atoms with E-state index in [1.807, 2.05) is 25.1 Å². The van der Waals surface area contributed by atoms with Gasteiger partial charge in [0.15, 0.2) is 0 Å². The summed E-state index contributed by atoms with van der Waals surface area (Å²) in [5, 5.41) is 17.7. The number of carbonyl (C=O) groups is 1. The Balaban J connectivity index is 1.40. The Morgan fingerprint density at radius 2 is 1.74 bits per heavy atom. The van der Waals surface area contributed by atoms with Crippen LogP contribution in [-0.2, 0) is 0 Å². The molecule has 2 amide bonds. The quantitative estimate of drug-likeness (QED) is 0.388. The molecule has 4 rings (SSSR count). The summed E-state index contributed by atoms with van der Waals surface area (Å²) in [4.78, 5) is 25.9. The van der Waals surface area contributed by atoms with Gasteiger partial charge in [0.25, 0.3) is 0 Å². The molecule has 35 heavy (non-hydrogen) atoms. The monoisotopic (exact) mass is 499 g/mol. The maximum Gasteiger partial charge on any atom is 0.323 e. The van der Waals surface area contributed by atoms with Crippen LogP contribution in [0.5, 0.6) is 0 Å². The van der Waals surface area contributed by atoms with Crippen LogP contribution in [0.3, 0.4) is 0 Å². The number of β-amino-alcohol motifs (C(OH)–C–C–N with tert-alkyl or cyclic N) is 1. The Hall–Kier alpha value is -3.47. The lowest BCUT2D eigenvalue weighted by Crippen LogP contribution is -2.47.